The molecule has 1 rings (SSSR count). The van der Waals surface area contributed by atoms with Crippen LogP contribution in [0.15, 0.2) is 0 Å². The molecule has 6 heteroatoms. The van der Waals surface area contributed by atoms with Gasteiger partial charge < -0.3 is 18.9 Å². The van der Waals surface area contributed by atoms with Crippen molar-refractivity contribution in [3.05, 3.63) is 0 Å². The lowest BCUT2D eigenvalue weighted by Crippen LogP contribution is -2.51. The fourth-order valence-electron chi connectivity index (χ4n) is 2.13. The quantitative estimate of drug-likeness (QED) is 0.406. The summed E-state index contributed by atoms with van der Waals surface area (Å²) in [4.78, 5) is 11.9. The van der Waals surface area contributed by atoms with Crippen LogP contribution in [-0.4, -0.2) is 64.8 Å². The zero-order valence-corrected chi connectivity index (χ0v) is 13.5. The molecule has 0 amide bonds. The highest BCUT2D eigenvalue weighted by atomic mass is 16.5. The van der Waals surface area contributed by atoms with E-state index >= 15 is 0 Å². The van der Waals surface area contributed by atoms with Crippen molar-refractivity contribution >= 4 is 5.97 Å². The molecule has 0 aliphatic heterocycles. The largest absolute Gasteiger partial charge is 0.468 e. The smallest absolute Gasteiger partial charge is 0.325 e. The Labute approximate surface area is 127 Å². The molecule has 0 aromatic rings. The number of rotatable bonds is 13. The van der Waals surface area contributed by atoms with Crippen molar-refractivity contribution in [1.29, 1.82) is 0 Å². The van der Waals surface area contributed by atoms with Crippen LogP contribution in [0.5, 0.6) is 0 Å². The molecule has 1 aliphatic rings. The van der Waals surface area contributed by atoms with Gasteiger partial charge in [0.25, 0.3) is 0 Å². The fourth-order valence-corrected chi connectivity index (χ4v) is 2.13. The second-order valence-corrected chi connectivity index (χ2v) is 5.56. The summed E-state index contributed by atoms with van der Waals surface area (Å²) in [5.74, 6) is -0.197. The molecular weight excluding hydrogens is 274 g/mol. The number of hydrogen-bond acceptors (Lipinski definition) is 6. The molecule has 0 aromatic carbocycles. The molecule has 0 heterocycles. The number of esters is 1. The summed E-state index contributed by atoms with van der Waals surface area (Å²) in [5.41, 5.74) is -0.603. The number of nitrogens with one attached hydrogen (secondary N) is 1. The van der Waals surface area contributed by atoms with Crippen molar-refractivity contribution in [1.82, 2.24) is 5.32 Å². The van der Waals surface area contributed by atoms with Gasteiger partial charge in [-0.1, -0.05) is 0 Å². The standard InChI is InChI=1S/C15H29NO5/c1-15(14(17)19-3,16-13-5-6-13)7-4-8-20-11-12-21-10-9-18-2/h13,16H,4-12H2,1-3H3. The van der Waals surface area contributed by atoms with Crippen molar-refractivity contribution in [3.8, 4) is 0 Å². The van der Waals surface area contributed by atoms with E-state index in [0.29, 0.717) is 45.5 Å². The van der Waals surface area contributed by atoms with E-state index in [1.807, 2.05) is 6.92 Å². The Balaban J connectivity index is 2.08. The van der Waals surface area contributed by atoms with E-state index < -0.39 is 5.54 Å². The molecule has 21 heavy (non-hydrogen) atoms. The van der Waals surface area contributed by atoms with Gasteiger partial charge in [-0.2, -0.15) is 0 Å². The van der Waals surface area contributed by atoms with Crippen molar-refractivity contribution in [2.45, 2.75) is 44.2 Å². The maximum Gasteiger partial charge on any atom is 0.325 e. The van der Waals surface area contributed by atoms with Gasteiger partial charge in [0.15, 0.2) is 0 Å². The molecule has 0 saturated heterocycles. The van der Waals surface area contributed by atoms with Gasteiger partial charge in [-0.15, -0.1) is 0 Å². The number of carbonyl (C=O) groups excluding carboxylic acids is 1. The minimum atomic E-state index is -0.603. The summed E-state index contributed by atoms with van der Waals surface area (Å²) in [6.07, 6.45) is 3.80. The molecule has 0 bridgehead atoms. The Morgan fingerprint density at radius 1 is 1.10 bits per heavy atom. The van der Waals surface area contributed by atoms with Crippen LogP contribution in [0.4, 0.5) is 0 Å². The minimum absolute atomic E-state index is 0.197. The van der Waals surface area contributed by atoms with Gasteiger partial charge in [0.2, 0.25) is 0 Å². The zero-order chi connectivity index (χ0) is 15.6. The van der Waals surface area contributed by atoms with Crippen molar-refractivity contribution in [3.63, 3.8) is 0 Å². The molecule has 1 N–H and O–H groups in total. The molecule has 6 nitrogen and oxygen atoms in total. The van der Waals surface area contributed by atoms with Gasteiger partial charge in [0, 0.05) is 19.8 Å². The Bertz CT molecular complexity index is 296. The maximum absolute atomic E-state index is 11.9. The highest BCUT2D eigenvalue weighted by Crippen LogP contribution is 2.25. The Kier molecular flexibility index (Phi) is 8.84. The molecule has 0 radical (unpaired) electrons. The summed E-state index contributed by atoms with van der Waals surface area (Å²) in [6, 6.07) is 0.462. The van der Waals surface area contributed by atoms with Gasteiger partial charge in [-0.05, 0) is 32.6 Å². The predicted octanol–water partition coefficient (Wildman–Crippen LogP) is 1.13. The topological polar surface area (TPSA) is 66.0 Å². The summed E-state index contributed by atoms with van der Waals surface area (Å²) >= 11 is 0. The number of ether oxygens (including phenoxy) is 4. The molecule has 124 valence electrons. The third kappa shape index (κ3) is 7.76. The van der Waals surface area contributed by atoms with Crippen LogP contribution in [0.2, 0.25) is 0 Å². The third-order valence-electron chi connectivity index (χ3n) is 3.51. The SMILES string of the molecule is COCCOCCOCCCC(C)(NC1CC1)C(=O)OC. The second-order valence-electron chi connectivity index (χ2n) is 5.56. The summed E-state index contributed by atoms with van der Waals surface area (Å²) in [7, 11) is 3.08. The second kappa shape index (κ2) is 10.1. The van der Waals surface area contributed by atoms with E-state index in [-0.39, 0.29) is 5.97 Å². The normalized spacial score (nSPS) is 17.5. The Morgan fingerprint density at radius 3 is 2.29 bits per heavy atom. The molecule has 1 unspecified atom stereocenters. The molecule has 1 fully saturated rings. The van der Waals surface area contributed by atoms with Crippen molar-refractivity contribution < 1.29 is 23.7 Å². The van der Waals surface area contributed by atoms with E-state index in [1.165, 1.54) is 7.11 Å². The zero-order valence-electron chi connectivity index (χ0n) is 13.5. The van der Waals surface area contributed by atoms with E-state index in [1.54, 1.807) is 7.11 Å². The summed E-state index contributed by atoms with van der Waals surface area (Å²) in [6.45, 7) is 4.85. The maximum atomic E-state index is 11.9. The van der Waals surface area contributed by atoms with E-state index in [2.05, 4.69) is 5.32 Å². The van der Waals surface area contributed by atoms with Crippen LogP contribution in [0, 0.1) is 0 Å². The van der Waals surface area contributed by atoms with Gasteiger partial charge in [-0.3, -0.25) is 10.1 Å². The number of carbonyl (C=O) groups is 1. The molecule has 1 aliphatic carbocycles. The first-order valence-corrected chi connectivity index (χ1v) is 7.63. The summed E-state index contributed by atoms with van der Waals surface area (Å²) < 4.78 is 20.6. The van der Waals surface area contributed by atoms with E-state index in [0.717, 1.165) is 19.3 Å². The lowest BCUT2D eigenvalue weighted by molar-refractivity contribution is -0.148. The van der Waals surface area contributed by atoms with Gasteiger partial charge >= 0.3 is 5.97 Å². The predicted molar refractivity (Wildman–Crippen MR) is 79.3 cm³/mol. The van der Waals surface area contributed by atoms with E-state index in [4.69, 9.17) is 18.9 Å². The average molecular weight is 303 g/mol. The first-order chi connectivity index (χ1) is 10.1. The lowest BCUT2D eigenvalue weighted by atomic mass is 9.96. The van der Waals surface area contributed by atoms with E-state index in [9.17, 15) is 4.79 Å². The van der Waals surface area contributed by atoms with Crippen LogP contribution in [-0.2, 0) is 23.7 Å². The van der Waals surface area contributed by atoms with Gasteiger partial charge in [0.05, 0.1) is 33.5 Å². The van der Waals surface area contributed by atoms with Crippen LogP contribution < -0.4 is 5.32 Å². The van der Waals surface area contributed by atoms with Crippen LogP contribution in [0.3, 0.4) is 0 Å². The number of hydrogen-bond donors (Lipinski definition) is 1. The van der Waals surface area contributed by atoms with Crippen LogP contribution in [0.1, 0.15) is 32.6 Å². The van der Waals surface area contributed by atoms with Gasteiger partial charge in [0.1, 0.15) is 5.54 Å². The van der Waals surface area contributed by atoms with Crippen molar-refractivity contribution in [2.75, 3.05) is 47.3 Å². The molecule has 0 spiro atoms. The minimum Gasteiger partial charge on any atom is -0.468 e. The lowest BCUT2D eigenvalue weighted by Gasteiger charge is -2.28. The molecular formula is C15H29NO5. The third-order valence-corrected chi connectivity index (χ3v) is 3.51. The highest BCUT2D eigenvalue weighted by molar-refractivity contribution is 5.80. The highest BCUT2D eigenvalue weighted by Gasteiger charge is 2.38. The van der Waals surface area contributed by atoms with Crippen LogP contribution in [0.25, 0.3) is 0 Å². The first-order valence-electron chi connectivity index (χ1n) is 7.63. The first kappa shape index (κ1) is 18.4. The monoisotopic (exact) mass is 303 g/mol. The average Bonchev–Trinajstić information content (AvgIpc) is 3.28. The van der Waals surface area contributed by atoms with Crippen molar-refractivity contribution in [2.24, 2.45) is 0 Å². The molecule has 1 atom stereocenters. The Hall–Kier alpha value is -0.690. The fraction of sp³-hybridized carbons (Fsp3) is 0.933. The number of methoxy groups -OCH3 is 2. The Morgan fingerprint density at radius 2 is 1.71 bits per heavy atom. The molecule has 0 aromatic heterocycles. The molecule has 1 saturated carbocycles. The van der Waals surface area contributed by atoms with Crippen LogP contribution >= 0.6 is 0 Å². The summed E-state index contributed by atoms with van der Waals surface area (Å²) in [5, 5.41) is 3.37. The van der Waals surface area contributed by atoms with Gasteiger partial charge in [-0.25, -0.2) is 0 Å².